The normalized spacial score (nSPS) is 11.9. The summed E-state index contributed by atoms with van der Waals surface area (Å²) < 4.78 is 5.33. The van der Waals surface area contributed by atoms with Crippen molar-refractivity contribution in [2.24, 2.45) is 5.92 Å². The Morgan fingerprint density at radius 3 is 2.45 bits per heavy atom. The standard InChI is InChI=1S/C28H34N2O3/c1-20(2)18-29-28(32)21(3)30(19-22-9-7-13-25(17-22)33-4)27(31)16-15-24-12-8-11-23-10-5-6-14-26(23)24/h5-14,17,20-21H,15-16,18-19H2,1-4H3,(H,29,32)/t21-/m1/s1. The molecule has 3 rings (SSSR count). The third-order valence-electron chi connectivity index (χ3n) is 5.83. The van der Waals surface area contributed by atoms with E-state index in [1.165, 1.54) is 0 Å². The van der Waals surface area contributed by atoms with Gasteiger partial charge in [-0.3, -0.25) is 9.59 Å². The molecule has 5 nitrogen and oxygen atoms in total. The van der Waals surface area contributed by atoms with Crippen LogP contribution >= 0.6 is 0 Å². The Balaban J connectivity index is 1.79. The van der Waals surface area contributed by atoms with Gasteiger partial charge in [0.1, 0.15) is 11.8 Å². The maximum Gasteiger partial charge on any atom is 0.242 e. The van der Waals surface area contributed by atoms with Crippen LogP contribution in [0.3, 0.4) is 0 Å². The molecule has 0 aliphatic carbocycles. The van der Waals surface area contributed by atoms with Crippen LogP contribution in [0.25, 0.3) is 10.8 Å². The van der Waals surface area contributed by atoms with Crippen LogP contribution in [0.2, 0.25) is 0 Å². The molecule has 0 aliphatic heterocycles. The molecule has 1 atom stereocenters. The summed E-state index contributed by atoms with van der Waals surface area (Å²) in [6.45, 7) is 6.83. The molecule has 174 valence electrons. The van der Waals surface area contributed by atoms with E-state index in [1.54, 1.807) is 18.9 Å². The van der Waals surface area contributed by atoms with Crippen molar-refractivity contribution in [2.75, 3.05) is 13.7 Å². The average molecular weight is 447 g/mol. The van der Waals surface area contributed by atoms with Gasteiger partial charge in [0.15, 0.2) is 0 Å². The number of fused-ring (bicyclic) bond motifs is 1. The topological polar surface area (TPSA) is 58.6 Å². The van der Waals surface area contributed by atoms with Gasteiger partial charge in [-0.1, -0.05) is 68.4 Å². The number of nitrogens with zero attached hydrogens (tertiary/aromatic N) is 1. The fraction of sp³-hybridized carbons (Fsp3) is 0.357. The zero-order chi connectivity index (χ0) is 23.8. The Kier molecular flexibility index (Phi) is 8.47. The quantitative estimate of drug-likeness (QED) is 0.478. The van der Waals surface area contributed by atoms with Gasteiger partial charge in [-0.15, -0.1) is 0 Å². The van der Waals surface area contributed by atoms with Gasteiger partial charge >= 0.3 is 0 Å². The summed E-state index contributed by atoms with van der Waals surface area (Å²) >= 11 is 0. The van der Waals surface area contributed by atoms with Crippen molar-refractivity contribution in [3.63, 3.8) is 0 Å². The number of nitrogens with one attached hydrogen (secondary N) is 1. The first-order valence-electron chi connectivity index (χ1n) is 11.6. The maximum absolute atomic E-state index is 13.4. The van der Waals surface area contributed by atoms with E-state index in [2.05, 4.69) is 29.6 Å². The molecule has 3 aromatic carbocycles. The van der Waals surface area contributed by atoms with Gasteiger partial charge in [0.2, 0.25) is 11.8 Å². The highest BCUT2D eigenvalue weighted by Crippen LogP contribution is 2.21. The number of carbonyl (C=O) groups is 2. The van der Waals surface area contributed by atoms with Crippen molar-refractivity contribution in [1.82, 2.24) is 10.2 Å². The fourth-order valence-corrected chi connectivity index (χ4v) is 3.90. The highest BCUT2D eigenvalue weighted by molar-refractivity contribution is 5.88. The minimum atomic E-state index is -0.574. The lowest BCUT2D eigenvalue weighted by molar-refractivity contribution is -0.140. The smallest absolute Gasteiger partial charge is 0.242 e. The van der Waals surface area contributed by atoms with Gasteiger partial charge in [0, 0.05) is 19.5 Å². The number of rotatable bonds is 10. The van der Waals surface area contributed by atoms with E-state index in [-0.39, 0.29) is 11.8 Å². The van der Waals surface area contributed by atoms with E-state index in [0.29, 0.717) is 31.8 Å². The van der Waals surface area contributed by atoms with Crippen molar-refractivity contribution in [1.29, 1.82) is 0 Å². The Hall–Kier alpha value is -3.34. The molecule has 2 amide bonds. The molecule has 1 N–H and O–H groups in total. The van der Waals surface area contributed by atoms with Gasteiger partial charge in [-0.25, -0.2) is 0 Å². The average Bonchev–Trinajstić information content (AvgIpc) is 2.83. The third kappa shape index (κ3) is 6.58. The summed E-state index contributed by atoms with van der Waals surface area (Å²) in [5.74, 6) is 0.894. The number of carbonyl (C=O) groups excluding carboxylic acids is 2. The Bertz CT molecular complexity index is 1090. The van der Waals surface area contributed by atoms with Gasteiger partial charge in [0.25, 0.3) is 0 Å². The number of benzene rings is 3. The molecular formula is C28H34N2O3. The minimum Gasteiger partial charge on any atom is -0.497 e. The highest BCUT2D eigenvalue weighted by Gasteiger charge is 2.26. The summed E-state index contributed by atoms with van der Waals surface area (Å²) in [6, 6.07) is 21.4. The molecule has 5 heteroatoms. The van der Waals surface area contributed by atoms with E-state index in [4.69, 9.17) is 4.74 Å². The predicted molar refractivity (Wildman–Crippen MR) is 133 cm³/mol. The van der Waals surface area contributed by atoms with Crippen molar-refractivity contribution in [2.45, 2.75) is 46.2 Å². The number of amides is 2. The molecule has 33 heavy (non-hydrogen) atoms. The van der Waals surface area contributed by atoms with E-state index in [0.717, 1.165) is 27.6 Å². The monoisotopic (exact) mass is 446 g/mol. The number of hydrogen-bond acceptors (Lipinski definition) is 3. The minimum absolute atomic E-state index is 0.0436. The molecule has 0 spiro atoms. The zero-order valence-electron chi connectivity index (χ0n) is 20.0. The lowest BCUT2D eigenvalue weighted by atomic mass is 10.0. The fourth-order valence-electron chi connectivity index (χ4n) is 3.90. The first-order valence-corrected chi connectivity index (χ1v) is 11.6. The molecular weight excluding hydrogens is 412 g/mol. The van der Waals surface area contributed by atoms with Gasteiger partial charge in [-0.05, 0) is 53.3 Å². The van der Waals surface area contributed by atoms with Crippen LogP contribution in [0.5, 0.6) is 5.75 Å². The zero-order valence-corrected chi connectivity index (χ0v) is 20.0. The molecule has 0 heterocycles. The first kappa shape index (κ1) is 24.3. The molecule has 0 fully saturated rings. The van der Waals surface area contributed by atoms with Crippen LogP contribution in [0.1, 0.15) is 38.3 Å². The van der Waals surface area contributed by atoms with Crippen molar-refractivity contribution < 1.29 is 14.3 Å². The lowest BCUT2D eigenvalue weighted by Gasteiger charge is -2.29. The van der Waals surface area contributed by atoms with E-state index >= 15 is 0 Å². The molecule has 0 bridgehead atoms. The first-order chi connectivity index (χ1) is 15.9. The largest absolute Gasteiger partial charge is 0.497 e. The molecule has 0 saturated heterocycles. The van der Waals surface area contributed by atoms with Crippen LogP contribution < -0.4 is 10.1 Å². The molecule has 0 aromatic heterocycles. The second-order valence-electron chi connectivity index (χ2n) is 8.83. The van der Waals surface area contributed by atoms with Gasteiger partial charge in [0.05, 0.1) is 7.11 Å². The highest BCUT2D eigenvalue weighted by atomic mass is 16.5. The molecule has 0 saturated carbocycles. The van der Waals surface area contributed by atoms with Gasteiger partial charge in [-0.2, -0.15) is 0 Å². The third-order valence-corrected chi connectivity index (χ3v) is 5.83. The van der Waals surface area contributed by atoms with Crippen LogP contribution in [-0.4, -0.2) is 36.4 Å². The maximum atomic E-state index is 13.4. The van der Waals surface area contributed by atoms with Crippen LogP contribution in [0, 0.1) is 5.92 Å². The van der Waals surface area contributed by atoms with Crippen molar-refractivity contribution >= 4 is 22.6 Å². The lowest BCUT2D eigenvalue weighted by Crippen LogP contribution is -2.48. The van der Waals surface area contributed by atoms with Crippen LogP contribution in [-0.2, 0) is 22.6 Å². The molecule has 3 aromatic rings. The second-order valence-corrected chi connectivity index (χ2v) is 8.83. The number of aryl methyl sites for hydroxylation is 1. The van der Waals surface area contributed by atoms with Crippen molar-refractivity contribution in [3.05, 3.63) is 77.9 Å². The van der Waals surface area contributed by atoms with Crippen molar-refractivity contribution in [3.8, 4) is 5.75 Å². The number of hydrogen-bond donors (Lipinski definition) is 1. The summed E-state index contributed by atoms with van der Waals surface area (Å²) in [5, 5.41) is 5.29. The SMILES string of the molecule is COc1cccc(CN(C(=O)CCc2cccc3ccccc23)[C@H](C)C(=O)NCC(C)C)c1. The molecule has 0 aliphatic rings. The van der Waals surface area contributed by atoms with Gasteiger partial charge < -0.3 is 15.0 Å². The summed E-state index contributed by atoms with van der Waals surface area (Å²) in [5.41, 5.74) is 2.07. The van der Waals surface area contributed by atoms with E-state index in [1.807, 2.05) is 56.3 Å². The van der Waals surface area contributed by atoms with E-state index < -0.39 is 6.04 Å². The Morgan fingerprint density at radius 1 is 0.970 bits per heavy atom. The summed E-state index contributed by atoms with van der Waals surface area (Å²) in [6.07, 6.45) is 0.953. The van der Waals surface area contributed by atoms with Crippen LogP contribution in [0.4, 0.5) is 0 Å². The van der Waals surface area contributed by atoms with Crippen LogP contribution in [0.15, 0.2) is 66.7 Å². The number of ether oxygens (including phenoxy) is 1. The summed E-state index contributed by atoms with van der Waals surface area (Å²) in [4.78, 5) is 27.9. The van der Waals surface area contributed by atoms with E-state index in [9.17, 15) is 9.59 Å². The molecule has 0 unspecified atom stereocenters. The molecule has 0 radical (unpaired) electrons. The second kappa shape index (κ2) is 11.5. The predicted octanol–water partition coefficient (Wildman–Crippen LogP) is 4.97. The Labute approximate surface area is 196 Å². The number of methoxy groups -OCH3 is 1. The Morgan fingerprint density at radius 2 is 1.70 bits per heavy atom. The summed E-state index contributed by atoms with van der Waals surface area (Å²) in [7, 11) is 1.62.